The summed E-state index contributed by atoms with van der Waals surface area (Å²) in [5, 5.41) is 4.07. The standard InChI is InChI=1S/C25H25F2N3O/c1-15-25(16(2)31-29-15)18-9-11-23-22(14-18)28-24(30(23)19-6-4-3-5-7-19)13-17-8-10-20(26)21(27)12-17/h8-12,14,19H,3-7,13H2,1-2H3. The van der Waals surface area contributed by atoms with Gasteiger partial charge in [0.15, 0.2) is 11.6 Å². The van der Waals surface area contributed by atoms with Gasteiger partial charge in [-0.2, -0.15) is 0 Å². The van der Waals surface area contributed by atoms with Crippen molar-refractivity contribution in [1.82, 2.24) is 14.7 Å². The molecule has 1 saturated carbocycles. The molecule has 4 aromatic rings. The van der Waals surface area contributed by atoms with Crippen molar-refractivity contribution >= 4 is 11.0 Å². The van der Waals surface area contributed by atoms with Gasteiger partial charge in [-0.3, -0.25) is 0 Å². The average molecular weight is 421 g/mol. The van der Waals surface area contributed by atoms with Crippen LogP contribution in [0.15, 0.2) is 40.9 Å². The number of aromatic nitrogens is 3. The van der Waals surface area contributed by atoms with Crippen LogP contribution in [-0.4, -0.2) is 14.7 Å². The van der Waals surface area contributed by atoms with Crippen molar-refractivity contribution in [3.05, 3.63) is 70.9 Å². The van der Waals surface area contributed by atoms with Gasteiger partial charge in [0.05, 0.1) is 16.7 Å². The first-order valence-electron chi connectivity index (χ1n) is 10.9. The molecule has 0 unspecified atom stereocenters. The molecule has 0 saturated heterocycles. The number of halogens is 2. The summed E-state index contributed by atoms with van der Waals surface area (Å²) in [6.45, 7) is 3.85. The van der Waals surface area contributed by atoms with Crippen LogP contribution in [-0.2, 0) is 6.42 Å². The van der Waals surface area contributed by atoms with Crippen molar-refractivity contribution in [3.63, 3.8) is 0 Å². The fourth-order valence-corrected chi connectivity index (χ4v) is 4.90. The van der Waals surface area contributed by atoms with Crippen LogP contribution in [0.1, 0.15) is 61.0 Å². The molecule has 0 aliphatic heterocycles. The molecule has 31 heavy (non-hydrogen) atoms. The van der Waals surface area contributed by atoms with Gasteiger partial charge in [0.2, 0.25) is 0 Å². The minimum Gasteiger partial charge on any atom is -0.361 e. The first kappa shape index (κ1) is 19.9. The number of fused-ring (bicyclic) bond motifs is 1. The Morgan fingerprint density at radius 2 is 1.81 bits per heavy atom. The fraction of sp³-hybridized carbons (Fsp3) is 0.360. The lowest BCUT2D eigenvalue weighted by molar-refractivity contribution is 0.353. The van der Waals surface area contributed by atoms with Crippen LogP contribution < -0.4 is 0 Å². The maximum atomic E-state index is 13.8. The van der Waals surface area contributed by atoms with Crippen molar-refractivity contribution in [2.75, 3.05) is 0 Å². The third-order valence-corrected chi connectivity index (χ3v) is 6.37. The van der Waals surface area contributed by atoms with Crippen molar-refractivity contribution in [1.29, 1.82) is 0 Å². The van der Waals surface area contributed by atoms with Crippen LogP contribution in [0, 0.1) is 25.5 Å². The number of hydrogen-bond donors (Lipinski definition) is 0. The smallest absolute Gasteiger partial charge is 0.159 e. The summed E-state index contributed by atoms with van der Waals surface area (Å²) in [6.07, 6.45) is 6.35. The van der Waals surface area contributed by atoms with E-state index in [0.29, 0.717) is 12.5 Å². The Morgan fingerprint density at radius 1 is 1.00 bits per heavy atom. The molecule has 2 aromatic heterocycles. The number of rotatable bonds is 4. The zero-order valence-corrected chi connectivity index (χ0v) is 17.8. The molecule has 5 rings (SSSR count). The third kappa shape index (κ3) is 3.64. The average Bonchev–Trinajstić information content (AvgIpc) is 3.29. The minimum atomic E-state index is -0.825. The zero-order chi connectivity index (χ0) is 21.5. The van der Waals surface area contributed by atoms with Gasteiger partial charge < -0.3 is 9.09 Å². The van der Waals surface area contributed by atoms with Crippen LogP contribution in [0.25, 0.3) is 22.2 Å². The quantitative estimate of drug-likeness (QED) is 0.369. The Hall–Kier alpha value is -3.02. The summed E-state index contributed by atoms with van der Waals surface area (Å²) in [6, 6.07) is 10.8. The molecule has 0 bridgehead atoms. The highest BCUT2D eigenvalue weighted by atomic mass is 19.2. The van der Waals surface area contributed by atoms with Crippen LogP contribution >= 0.6 is 0 Å². The van der Waals surface area contributed by atoms with E-state index in [9.17, 15) is 8.78 Å². The van der Waals surface area contributed by atoms with Gasteiger partial charge in [0.25, 0.3) is 0 Å². The lowest BCUT2D eigenvalue weighted by Crippen LogP contribution is -2.15. The summed E-state index contributed by atoms with van der Waals surface area (Å²) in [5.74, 6) is 0.0292. The molecule has 2 heterocycles. The van der Waals surface area contributed by atoms with E-state index in [4.69, 9.17) is 9.51 Å². The Morgan fingerprint density at radius 3 is 2.52 bits per heavy atom. The second-order valence-electron chi connectivity index (χ2n) is 8.52. The maximum absolute atomic E-state index is 13.8. The highest BCUT2D eigenvalue weighted by Gasteiger charge is 2.23. The highest BCUT2D eigenvalue weighted by molar-refractivity contribution is 5.83. The normalized spacial score (nSPS) is 15.1. The molecule has 1 fully saturated rings. The van der Waals surface area contributed by atoms with E-state index >= 15 is 0 Å². The van der Waals surface area contributed by atoms with E-state index in [1.807, 2.05) is 13.8 Å². The monoisotopic (exact) mass is 421 g/mol. The van der Waals surface area contributed by atoms with Crippen LogP contribution in [0.5, 0.6) is 0 Å². The third-order valence-electron chi connectivity index (χ3n) is 6.37. The molecule has 0 amide bonds. The number of hydrogen-bond acceptors (Lipinski definition) is 3. The summed E-state index contributed by atoms with van der Waals surface area (Å²) >= 11 is 0. The van der Waals surface area contributed by atoms with Gasteiger partial charge in [-0.15, -0.1) is 0 Å². The summed E-state index contributed by atoms with van der Waals surface area (Å²) < 4.78 is 34.9. The molecular formula is C25H25F2N3O. The van der Waals surface area contributed by atoms with Crippen molar-refractivity contribution in [2.24, 2.45) is 0 Å². The van der Waals surface area contributed by atoms with E-state index in [-0.39, 0.29) is 0 Å². The van der Waals surface area contributed by atoms with E-state index in [2.05, 4.69) is 27.9 Å². The Balaban J connectivity index is 1.62. The molecule has 0 atom stereocenters. The lowest BCUT2D eigenvalue weighted by atomic mass is 9.94. The number of benzene rings is 2. The Bertz CT molecular complexity index is 1230. The van der Waals surface area contributed by atoms with Gasteiger partial charge in [-0.1, -0.05) is 36.6 Å². The molecule has 1 aliphatic carbocycles. The maximum Gasteiger partial charge on any atom is 0.159 e. The second kappa shape index (κ2) is 7.91. The van der Waals surface area contributed by atoms with Crippen LogP contribution in [0.4, 0.5) is 8.78 Å². The number of imidazole rings is 1. The van der Waals surface area contributed by atoms with E-state index in [1.165, 1.54) is 31.4 Å². The summed E-state index contributed by atoms with van der Waals surface area (Å²) in [5.41, 5.74) is 5.58. The Kier molecular flexibility index (Phi) is 5.08. The largest absolute Gasteiger partial charge is 0.361 e. The second-order valence-corrected chi connectivity index (χ2v) is 8.52. The van der Waals surface area contributed by atoms with Crippen molar-refractivity contribution in [3.8, 4) is 11.1 Å². The summed E-state index contributed by atoms with van der Waals surface area (Å²) in [4.78, 5) is 4.96. The van der Waals surface area contributed by atoms with Gasteiger partial charge in [-0.25, -0.2) is 13.8 Å². The lowest BCUT2D eigenvalue weighted by Gasteiger charge is -2.25. The minimum absolute atomic E-state index is 0.379. The van der Waals surface area contributed by atoms with Crippen LogP contribution in [0.3, 0.4) is 0 Å². The van der Waals surface area contributed by atoms with Crippen LogP contribution in [0.2, 0.25) is 0 Å². The zero-order valence-electron chi connectivity index (χ0n) is 17.8. The van der Waals surface area contributed by atoms with Gasteiger partial charge in [0.1, 0.15) is 11.6 Å². The SMILES string of the molecule is Cc1noc(C)c1-c1ccc2c(c1)nc(Cc1ccc(F)c(F)c1)n2C1CCCCC1. The predicted octanol–water partition coefficient (Wildman–Crippen LogP) is 6.68. The molecule has 2 aromatic carbocycles. The van der Waals surface area contributed by atoms with Gasteiger partial charge >= 0.3 is 0 Å². The molecular weight excluding hydrogens is 396 g/mol. The molecule has 1 aliphatic rings. The number of aryl methyl sites for hydroxylation is 2. The molecule has 0 radical (unpaired) electrons. The van der Waals surface area contributed by atoms with Gasteiger partial charge in [0, 0.05) is 18.0 Å². The molecule has 6 heteroatoms. The Labute approximate surface area is 179 Å². The first-order chi connectivity index (χ1) is 15.0. The number of nitrogens with zero attached hydrogens (tertiary/aromatic N) is 3. The van der Waals surface area contributed by atoms with Crippen molar-refractivity contribution in [2.45, 2.75) is 58.4 Å². The van der Waals surface area contributed by atoms with E-state index in [0.717, 1.165) is 57.8 Å². The van der Waals surface area contributed by atoms with Gasteiger partial charge in [-0.05, 0) is 62.1 Å². The first-order valence-corrected chi connectivity index (χ1v) is 10.9. The van der Waals surface area contributed by atoms with Crippen molar-refractivity contribution < 1.29 is 13.3 Å². The highest BCUT2D eigenvalue weighted by Crippen LogP contribution is 2.35. The molecule has 4 nitrogen and oxygen atoms in total. The predicted molar refractivity (Wildman–Crippen MR) is 116 cm³/mol. The fourth-order valence-electron chi connectivity index (χ4n) is 4.90. The van der Waals surface area contributed by atoms with E-state index in [1.54, 1.807) is 6.07 Å². The molecule has 0 spiro atoms. The topological polar surface area (TPSA) is 43.9 Å². The molecule has 0 N–H and O–H groups in total. The summed E-state index contributed by atoms with van der Waals surface area (Å²) in [7, 11) is 0. The van der Waals surface area contributed by atoms with E-state index < -0.39 is 11.6 Å². The molecule has 160 valence electrons.